The monoisotopic (exact) mass is 630 g/mol. The Kier molecular flexibility index (Phi) is 4.69. The van der Waals surface area contributed by atoms with E-state index in [0.717, 1.165) is 43.8 Å². The highest BCUT2D eigenvalue weighted by Gasteiger charge is 2.19. The van der Waals surface area contributed by atoms with E-state index in [-0.39, 0.29) is 45.7 Å². The summed E-state index contributed by atoms with van der Waals surface area (Å²) in [6.45, 7) is 0. The van der Waals surface area contributed by atoms with Gasteiger partial charge in [0, 0.05) is 10.8 Å². The summed E-state index contributed by atoms with van der Waals surface area (Å²) in [5.41, 5.74) is 6.48. The van der Waals surface area contributed by atoms with E-state index in [4.69, 9.17) is 9.90 Å². The number of benzene rings is 9. The Balaban J connectivity index is 1.40. The fourth-order valence-electron chi connectivity index (χ4n) is 7.19. The van der Waals surface area contributed by atoms with Crippen molar-refractivity contribution in [1.29, 1.82) is 0 Å². The fraction of sp³-hybridized carbons (Fsp3) is 0. The number of rotatable bonds is 4. The van der Waals surface area contributed by atoms with Gasteiger partial charge in [-0.05, 0) is 119 Å². The molecule has 1 heteroatoms. The van der Waals surface area contributed by atoms with Gasteiger partial charge in [-0.1, -0.05) is 139 Å². The first-order valence-electron chi connectivity index (χ1n) is 20.2. The van der Waals surface area contributed by atoms with E-state index in [2.05, 4.69) is 12.1 Å². The van der Waals surface area contributed by atoms with Crippen LogP contribution in [0, 0.1) is 0 Å². The number of furan rings is 1. The molecule has 0 radical (unpaired) electrons. The average molecular weight is 631 g/mol. The zero-order valence-electron chi connectivity index (χ0n) is 34.1. The molecule has 49 heavy (non-hydrogen) atoms. The molecule has 0 spiro atoms. The van der Waals surface area contributed by atoms with Gasteiger partial charge in [0.1, 0.15) is 11.2 Å². The molecule has 10 rings (SSSR count). The van der Waals surface area contributed by atoms with Gasteiger partial charge < -0.3 is 4.42 Å². The molecule has 0 bridgehead atoms. The summed E-state index contributed by atoms with van der Waals surface area (Å²) in [5, 5.41) is 4.33. The Morgan fingerprint density at radius 2 is 0.796 bits per heavy atom. The molecule has 0 unspecified atom stereocenters. The molecule has 1 nitrogen and oxygen atoms in total. The van der Waals surface area contributed by atoms with Crippen LogP contribution in [-0.4, -0.2) is 0 Å². The van der Waals surface area contributed by atoms with Gasteiger partial charge >= 0.3 is 0 Å². The average Bonchev–Trinajstić information content (AvgIpc) is 3.61. The van der Waals surface area contributed by atoms with E-state index in [9.17, 15) is 5.48 Å². The first-order chi connectivity index (χ1) is 27.6. The van der Waals surface area contributed by atoms with Crippen molar-refractivity contribution < 1.29 is 15.4 Å². The second-order valence-electron chi connectivity index (χ2n) is 12.3. The van der Waals surface area contributed by atoms with Crippen LogP contribution in [0.2, 0.25) is 0 Å². The lowest BCUT2D eigenvalue weighted by Gasteiger charge is -2.19. The van der Waals surface area contributed by atoms with Crippen molar-refractivity contribution >= 4 is 54.3 Å². The number of fused-ring (bicyclic) bond motifs is 6. The second kappa shape index (κ2) is 11.1. The minimum absolute atomic E-state index is 0.164. The standard InChI is InChI=1S/C48H30O/c1-3-13-31(14-4-1)36-25-37(32-15-5-2-6-16-32)27-38(26-36)48-41-21-11-9-19-39(41)47(40-20-10-12-22-42(40)48)35-23-24-45-43(29-35)44-28-33-17-7-8-18-34(33)30-46(44)49-45/h1-30H/i9D,10D,11D,12D,19D,20D,21D,22D. The summed E-state index contributed by atoms with van der Waals surface area (Å²) in [6.07, 6.45) is 0. The van der Waals surface area contributed by atoms with Crippen LogP contribution in [0.1, 0.15) is 11.0 Å². The minimum Gasteiger partial charge on any atom is -0.456 e. The van der Waals surface area contributed by atoms with E-state index >= 15 is 0 Å². The first kappa shape index (κ1) is 20.7. The molecule has 0 aliphatic carbocycles. The third-order valence-corrected chi connectivity index (χ3v) is 9.44. The molecule has 0 aliphatic heterocycles. The Morgan fingerprint density at radius 3 is 1.37 bits per heavy atom. The van der Waals surface area contributed by atoms with Crippen LogP contribution in [-0.2, 0) is 0 Å². The summed E-state index contributed by atoms with van der Waals surface area (Å²) in [7, 11) is 0. The van der Waals surface area contributed by atoms with Gasteiger partial charge in [-0.25, -0.2) is 0 Å². The lowest BCUT2D eigenvalue weighted by atomic mass is 9.84. The molecule has 0 saturated heterocycles. The molecule has 9 aromatic carbocycles. The summed E-state index contributed by atoms with van der Waals surface area (Å²) in [6, 6.07) is 40.1. The molecule has 1 heterocycles. The van der Waals surface area contributed by atoms with E-state index in [1.54, 1.807) is 6.07 Å². The van der Waals surface area contributed by atoms with Gasteiger partial charge in [-0.15, -0.1) is 0 Å². The third-order valence-electron chi connectivity index (χ3n) is 9.44. The zero-order chi connectivity index (χ0) is 39.3. The Labute approximate surface area is 295 Å². The predicted molar refractivity (Wildman–Crippen MR) is 208 cm³/mol. The second-order valence-corrected chi connectivity index (χ2v) is 12.3. The molecular weight excluding hydrogens is 593 g/mol. The highest BCUT2D eigenvalue weighted by molar-refractivity contribution is 6.22. The smallest absolute Gasteiger partial charge is 0.136 e. The molecule has 228 valence electrons. The molecule has 0 saturated carbocycles. The van der Waals surface area contributed by atoms with E-state index in [0.29, 0.717) is 33.4 Å². The van der Waals surface area contributed by atoms with Gasteiger partial charge in [0.05, 0.1) is 11.0 Å². The van der Waals surface area contributed by atoms with Gasteiger partial charge in [0.15, 0.2) is 0 Å². The highest BCUT2D eigenvalue weighted by atomic mass is 16.3. The lowest BCUT2D eigenvalue weighted by molar-refractivity contribution is 0.669. The van der Waals surface area contributed by atoms with E-state index in [1.165, 1.54) is 0 Å². The van der Waals surface area contributed by atoms with Crippen LogP contribution in [0.5, 0.6) is 0 Å². The van der Waals surface area contributed by atoms with Gasteiger partial charge in [0.25, 0.3) is 0 Å². The van der Waals surface area contributed by atoms with Crippen LogP contribution in [0.25, 0.3) is 98.8 Å². The Morgan fingerprint density at radius 1 is 0.327 bits per heavy atom. The van der Waals surface area contributed by atoms with Crippen molar-refractivity contribution in [2.45, 2.75) is 0 Å². The van der Waals surface area contributed by atoms with Crippen LogP contribution in [0.3, 0.4) is 0 Å². The van der Waals surface area contributed by atoms with Crippen LogP contribution < -0.4 is 0 Å². The number of hydrogen-bond donors (Lipinski definition) is 0. The fourth-order valence-corrected chi connectivity index (χ4v) is 7.19. The summed E-state index contributed by atoms with van der Waals surface area (Å²) < 4.78 is 79.9. The zero-order valence-corrected chi connectivity index (χ0v) is 26.1. The Hall–Kier alpha value is -6.44. The number of hydrogen-bond acceptors (Lipinski definition) is 1. The molecule has 0 aliphatic rings. The van der Waals surface area contributed by atoms with Crippen molar-refractivity contribution in [3.8, 4) is 44.5 Å². The Bertz CT molecular complexity index is 3180. The summed E-state index contributed by atoms with van der Waals surface area (Å²) >= 11 is 0. The van der Waals surface area contributed by atoms with Crippen molar-refractivity contribution in [3.63, 3.8) is 0 Å². The maximum atomic E-state index is 9.50. The molecule has 0 amide bonds. The molecule has 10 aromatic rings. The lowest BCUT2D eigenvalue weighted by Crippen LogP contribution is -1.92. The van der Waals surface area contributed by atoms with Crippen LogP contribution in [0.15, 0.2) is 186 Å². The predicted octanol–water partition coefficient (Wildman–Crippen LogP) is 13.7. The van der Waals surface area contributed by atoms with Crippen LogP contribution in [0.4, 0.5) is 0 Å². The summed E-state index contributed by atoms with van der Waals surface area (Å²) in [4.78, 5) is 0. The van der Waals surface area contributed by atoms with Gasteiger partial charge in [0.2, 0.25) is 0 Å². The minimum atomic E-state index is -0.441. The van der Waals surface area contributed by atoms with Gasteiger partial charge in [-0.2, -0.15) is 0 Å². The van der Waals surface area contributed by atoms with Gasteiger partial charge in [-0.3, -0.25) is 0 Å². The molecule has 1 aromatic heterocycles. The molecule has 0 N–H and O–H groups in total. The largest absolute Gasteiger partial charge is 0.456 e. The SMILES string of the molecule is [2H]c1c([2H])c([2H])c2c(-c3ccc4oc5cc6ccccc6cc5c4c3)c3c([2H])c([2H])c([2H])c([2H])c3c(-c3cc(-c4ccccc4)cc(-c4ccccc4)c3)c2c1[2H]. The van der Waals surface area contributed by atoms with Crippen LogP contribution >= 0.6 is 0 Å². The van der Waals surface area contributed by atoms with Crippen molar-refractivity contribution in [3.05, 3.63) is 182 Å². The van der Waals surface area contributed by atoms with Crippen molar-refractivity contribution in [2.75, 3.05) is 0 Å². The normalized spacial score (nSPS) is 14.0. The highest BCUT2D eigenvalue weighted by Crippen LogP contribution is 2.46. The molecule has 0 fully saturated rings. The summed E-state index contributed by atoms with van der Waals surface area (Å²) in [5.74, 6) is 0. The molecule has 0 atom stereocenters. The first-order valence-corrected chi connectivity index (χ1v) is 16.2. The van der Waals surface area contributed by atoms with E-state index in [1.807, 2.05) is 115 Å². The topological polar surface area (TPSA) is 13.1 Å². The maximum absolute atomic E-state index is 9.50. The van der Waals surface area contributed by atoms with E-state index < -0.39 is 24.2 Å². The van der Waals surface area contributed by atoms with Crippen molar-refractivity contribution in [2.24, 2.45) is 0 Å². The quantitative estimate of drug-likeness (QED) is 0.176. The maximum Gasteiger partial charge on any atom is 0.136 e. The third kappa shape index (κ3) is 4.55. The van der Waals surface area contributed by atoms with Crippen molar-refractivity contribution in [1.82, 2.24) is 0 Å². The molecular formula is C48H30O.